The normalized spacial score (nSPS) is 21.2. The fraction of sp³-hybridized carbons (Fsp3) is 0.583. The molecule has 1 aliphatic rings. The topological polar surface area (TPSA) is 16.1 Å². The number of rotatable bonds is 1. The van der Waals surface area contributed by atoms with E-state index in [9.17, 15) is 13.2 Å². The summed E-state index contributed by atoms with van der Waals surface area (Å²) in [7, 11) is 0. The van der Waals surface area contributed by atoms with Gasteiger partial charge >= 0.3 is 6.18 Å². The monoisotopic (exact) mass is 278 g/mol. The van der Waals surface area contributed by atoms with Crippen molar-refractivity contribution < 1.29 is 13.2 Å². The molecule has 0 radical (unpaired) electrons. The van der Waals surface area contributed by atoms with Gasteiger partial charge in [-0.2, -0.15) is 13.2 Å². The van der Waals surface area contributed by atoms with Crippen molar-refractivity contribution in [2.75, 3.05) is 18.0 Å². The van der Waals surface area contributed by atoms with Gasteiger partial charge in [-0.1, -0.05) is 18.5 Å². The highest BCUT2D eigenvalue weighted by molar-refractivity contribution is 6.33. The van der Waals surface area contributed by atoms with Crippen molar-refractivity contribution >= 4 is 17.4 Å². The molecule has 2 heterocycles. The zero-order valence-corrected chi connectivity index (χ0v) is 10.7. The molecule has 18 heavy (non-hydrogen) atoms. The first-order valence-corrected chi connectivity index (χ1v) is 6.23. The van der Waals surface area contributed by atoms with Crippen molar-refractivity contribution in [3.05, 3.63) is 22.8 Å². The van der Waals surface area contributed by atoms with E-state index < -0.39 is 11.7 Å². The first-order valence-electron chi connectivity index (χ1n) is 5.85. The smallest absolute Gasteiger partial charge is 0.355 e. The minimum absolute atomic E-state index is 0.0684. The lowest BCUT2D eigenvalue weighted by atomic mass is 10.0. The minimum Gasteiger partial charge on any atom is -0.355 e. The van der Waals surface area contributed by atoms with Crippen molar-refractivity contribution in [1.29, 1.82) is 0 Å². The standard InChI is InChI=1S/C12H14ClF3N2/c1-8-3-2-4-18(7-8)11-10(13)5-9(6-17-11)12(14,15)16/h5-6,8H,2-4,7H2,1H3. The van der Waals surface area contributed by atoms with Crippen LogP contribution in [0.2, 0.25) is 5.02 Å². The Bertz CT molecular complexity index is 434. The molecule has 0 aromatic carbocycles. The molecule has 0 N–H and O–H groups in total. The van der Waals surface area contributed by atoms with E-state index >= 15 is 0 Å². The highest BCUT2D eigenvalue weighted by Crippen LogP contribution is 2.34. The Morgan fingerprint density at radius 1 is 1.44 bits per heavy atom. The lowest BCUT2D eigenvalue weighted by molar-refractivity contribution is -0.137. The molecule has 1 aromatic rings. The number of halogens is 4. The summed E-state index contributed by atoms with van der Waals surface area (Å²) in [6, 6.07) is 0.948. The zero-order valence-electron chi connectivity index (χ0n) is 9.97. The molecule has 1 fully saturated rings. The number of hydrogen-bond donors (Lipinski definition) is 0. The Labute approximate surface area is 109 Å². The van der Waals surface area contributed by atoms with Gasteiger partial charge in [0.2, 0.25) is 0 Å². The van der Waals surface area contributed by atoms with Crippen molar-refractivity contribution in [3.8, 4) is 0 Å². The van der Waals surface area contributed by atoms with Gasteiger partial charge in [-0.25, -0.2) is 4.98 Å². The van der Waals surface area contributed by atoms with Crippen LogP contribution in [-0.4, -0.2) is 18.1 Å². The predicted octanol–water partition coefficient (Wildman–Crippen LogP) is 3.99. The number of piperidine rings is 1. The van der Waals surface area contributed by atoms with E-state index in [1.54, 1.807) is 0 Å². The lowest BCUT2D eigenvalue weighted by Crippen LogP contribution is -2.35. The highest BCUT2D eigenvalue weighted by Gasteiger charge is 2.32. The van der Waals surface area contributed by atoms with Gasteiger partial charge in [0.25, 0.3) is 0 Å². The van der Waals surface area contributed by atoms with Gasteiger partial charge in [0.15, 0.2) is 0 Å². The van der Waals surface area contributed by atoms with Crippen LogP contribution in [0.3, 0.4) is 0 Å². The molecular weight excluding hydrogens is 265 g/mol. The Hall–Kier alpha value is -0.970. The molecule has 0 spiro atoms. The van der Waals surface area contributed by atoms with E-state index in [1.807, 2.05) is 4.90 Å². The molecule has 100 valence electrons. The molecule has 2 rings (SSSR count). The third-order valence-electron chi connectivity index (χ3n) is 3.11. The molecule has 6 heteroatoms. The van der Waals surface area contributed by atoms with Crippen LogP contribution in [0.25, 0.3) is 0 Å². The molecule has 1 aliphatic heterocycles. The summed E-state index contributed by atoms with van der Waals surface area (Å²) in [6.45, 7) is 3.70. The van der Waals surface area contributed by atoms with Gasteiger partial charge in [0, 0.05) is 19.3 Å². The second-order valence-electron chi connectivity index (χ2n) is 4.72. The van der Waals surface area contributed by atoms with E-state index in [4.69, 9.17) is 11.6 Å². The van der Waals surface area contributed by atoms with Crippen molar-refractivity contribution in [2.45, 2.75) is 25.9 Å². The van der Waals surface area contributed by atoms with E-state index in [-0.39, 0.29) is 5.02 Å². The molecule has 0 bridgehead atoms. The quantitative estimate of drug-likeness (QED) is 0.772. The highest BCUT2D eigenvalue weighted by atomic mass is 35.5. The number of anilines is 1. The molecule has 0 amide bonds. The summed E-state index contributed by atoms with van der Waals surface area (Å²) in [6.07, 6.45) is -1.40. The summed E-state index contributed by atoms with van der Waals surface area (Å²) in [5, 5.41) is 0.0684. The second kappa shape index (κ2) is 4.96. The molecular formula is C12H14ClF3N2. The Morgan fingerprint density at radius 2 is 2.17 bits per heavy atom. The maximum atomic E-state index is 12.5. The fourth-order valence-corrected chi connectivity index (χ4v) is 2.49. The SMILES string of the molecule is CC1CCCN(c2ncc(C(F)(F)F)cc2Cl)C1. The summed E-state index contributed by atoms with van der Waals surface area (Å²) in [4.78, 5) is 5.83. The third kappa shape index (κ3) is 2.88. The molecule has 1 aromatic heterocycles. The lowest BCUT2D eigenvalue weighted by Gasteiger charge is -2.32. The van der Waals surface area contributed by atoms with Gasteiger partial charge in [0.05, 0.1) is 10.6 Å². The fourth-order valence-electron chi connectivity index (χ4n) is 2.20. The van der Waals surface area contributed by atoms with Crippen LogP contribution in [0, 0.1) is 5.92 Å². The van der Waals surface area contributed by atoms with Crippen LogP contribution < -0.4 is 4.90 Å². The predicted molar refractivity (Wildman–Crippen MR) is 64.9 cm³/mol. The van der Waals surface area contributed by atoms with Crippen LogP contribution >= 0.6 is 11.6 Å². The summed E-state index contributed by atoms with van der Waals surface area (Å²) < 4.78 is 37.5. The number of hydrogen-bond acceptors (Lipinski definition) is 2. The molecule has 2 nitrogen and oxygen atoms in total. The largest absolute Gasteiger partial charge is 0.417 e. The van der Waals surface area contributed by atoms with Gasteiger partial charge in [-0.15, -0.1) is 0 Å². The first kappa shape index (κ1) is 13.5. The van der Waals surface area contributed by atoms with Gasteiger partial charge in [0.1, 0.15) is 5.82 Å². The molecule has 0 aliphatic carbocycles. The van der Waals surface area contributed by atoms with Gasteiger partial charge in [-0.05, 0) is 24.8 Å². The molecule has 1 unspecified atom stereocenters. The van der Waals surface area contributed by atoms with E-state index in [0.717, 1.165) is 38.2 Å². The summed E-state index contributed by atoms with van der Waals surface area (Å²) in [5.74, 6) is 0.968. The summed E-state index contributed by atoms with van der Waals surface area (Å²) >= 11 is 5.91. The maximum Gasteiger partial charge on any atom is 0.417 e. The van der Waals surface area contributed by atoms with Crippen LogP contribution in [0.5, 0.6) is 0 Å². The van der Waals surface area contributed by atoms with Crippen LogP contribution in [-0.2, 0) is 6.18 Å². The first-order chi connectivity index (χ1) is 8.38. The van der Waals surface area contributed by atoms with Crippen molar-refractivity contribution in [3.63, 3.8) is 0 Å². The number of pyridine rings is 1. The number of alkyl halides is 3. The van der Waals surface area contributed by atoms with E-state index in [1.165, 1.54) is 0 Å². The Kier molecular flexibility index (Phi) is 3.71. The molecule has 0 saturated carbocycles. The van der Waals surface area contributed by atoms with Crippen LogP contribution in [0.15, 0.2) is 12.3 Å². The minimum atomic E-state index is -4.40. The average Bonchev–Trinajstić information content (AvgIpc) is 2.27. The molecule has 1 atom stereocenters. The average molecular weight is 279 g/mol. The van der Waals surface area contributed by atoms with Gasteiger partial charge < -0.3 is 4.90 Å². The van der Waals surface area contributed by atoms with E-state index in [2.05, 4.69) is 11.9 Å². The summed E-state index contributed by atoms with van der Waals surface area (Å²) in [5.41, 5.74) is -0.804. The van der Waals surface area contributed by atoms with E-state index in [0.29, 0.717) is 11.7 Å². The third-order valence-corrected chi connectivity index (χ3v) is 3.38. The number of nitrogens with zero attached hydrogens (tertiary/aromatic N) is 2. The van der Waals surface area contributed by atoms with Crippen molar-refractivity contribution in [1.82, 2.24) is 4.98 Å². The zero-order chi connectivity index (χ0) is 13.3. The second-order valence-corrected chi connectivity index (χ2v) is 5.13. The van der Waals surface area contributed by atoms with Gasteiger partial charge in [-0.3, -0.25) is 0 Å². The Morgan fingerprint density at radius 3 is 2.72 bits per heavy atom. The number of aromatic nitrogens is 1. The maximum absolute atomic E-state index is 12.5. The van der Waals surface area contributed by atoms with Crippen LogP contribution in [0.4, 0.5) is 19.0 Å². The molecule has 1 saturated heterocycles. The van der Waals surface area contributed by atoms with Crippen molar-refractivity contribution in [2.24, 2.45) is 5.92 Å². The Balaban J connectivity index is 2.24. The van der Waals surface area contributed by atoms with Crippen LogP contribution in [0.1, 0.15) is 25.3 Å².